The highest BCUT2D eigenvalue weighted by Gasteiger charge is 2.29. The molecule has 0 amide bonds. The van der Waals surface area contributed by atoms with Crippen molar-refractivity contribution in [2.45, 2.75) is 57.4 Å². The molecule has 1 fully saturated rings. The number of hydrogen-bond acceptors (Lipinski definition) is 6. The van der Waals surface area contributed by atoms with Crippen LogP contribution < -0.4 is 9.47 Å². The van der Waals surface area contributed by atoms with E-state index in [4.69, 9.17) is 14.0 Å². The van der Waals surface area contributed by atoms with Crippen LogP contribution in [0.3, 0.4) is 0 Å². The van der Waals surface area contributed by atoms with Crippen LogP contribution in [0.1, 0.15) is 50.0 Å². The van der Waals surface area contributed by atoms with Crippen LogP contribution in [0, 0.1) is 11.8 Å². The highest BCUT2D eigenvalue weighted by molar-refractivity contribution is 5.60. The SMILES string of the molecule is COc1ccc(-c2noc(CCC3CCC(C(CCc4ccccc4)N(C)C)CC3)n2)cc1OC. The number of hydrogen-bond donors (Lipinski definition) is 0. The summed E-state index contributed by atoms with van der Waals surface area (Å²) < 4.78 is 16.3. The quantitative estimate of drug-likeness (QED) is 0.335. The van der Waals surface area contributed by atoms with Crippen molar-refractivity contribution in [1.82, 2.24) is 15.0 Å². The number of methoxy groups -OCH3 is 2. The maximum absolute atomic E-state index is 5.57. The lowest BCUT2D eigenvalue weighted by molar-refractivity contribution is 0.137. The lowest BCUT2D eigenvalue weighted by Gasteiger charge is -2.37. The molecule has 0 aliphatic heterocycles. The average Bonchev–Trinajstić information content (AvgIpc) is 3.37. The van der Waals surface area contributed by atoms with Crippen molar-refractivity contribution in [2.75, 3.05) is 28.3 Å². The van der Waals surface area contributed by atoms with E-state index in [9.17, 15) is 0 Å². The molecule has 2 aromatic carbocycles. The molecule has 188 valence electrons. The van der Waals surface area contributed by atoms with Crippen molar-refractivity contribution >= 4 is 0 Å². The van der Waals surface area contributed by atoms with Gasteiger partial charge in [0.05, 0.1) is 14.2 Å². The fourth-order valence-corrected chi connectivity index (χ4v) is 5.51. The van der Waals surface area contributed by atoms with Crippen molar-refractivity contribution in [1.29, 1.82) is 0 Å². The summed E-state index contributed by atoms with van der Waals surface area (Å²) in [5.74, 6) is 4.17. The lowest BCUT2D eigenvalue weighted by atomic mass is 9.75. The van der Waals surface area contributed by atoms with Gasteiger partial charge in [-0.2, -0.15) is 4.98 Å². The highest BCUT2D eigenvalue weighted by atomic mass is 16.5. The molecule has 1 aliphatic rings. The summed E-state index contributed by atoms with van der Waals surface area (Å²) in [6, 6.07) is 17.2. The fourth-order valence-electron chi connectivity index (χ4n) is 5.51. The Morgan fingerprint density at radius 2 is 1.69 bits per heavy atom. The van der Waals surface area contributed by atoms with E-state index in [1.807, 2.05) is 18.2 Å². The molecule has 1 unspecified atom stereocenters. The number of rotatable bonds is 11. The molecule has 1 heterocycles. The van der Waals surface area contributed by atoms with Crippen LogP contribution in [-0.2, 0) is 12.8 Å². The first-order chi connectivity index (χ1) is 17.1. The number of aromatic nitrogens is 2. The molecule has 0 spiro atoms. The van der Waals surface area contributed by atoms with Gasteiger partial charge in [-0.15, -0.1) is 0 Å². The zero-order valence-corrected chi connectivity index (χ0v) is 21.6. The van der Waals surface area contributed by atoms with E-state index in [1.54, 1.807) is 14.2 Å². The molecule has 6 nitrogen and oxygen atoms in total. The second-order valence-corrected chi connectivity index (χ2v) is 9.96. The molecule has 1 saturated carbocycles. The molecular formula is C29H39N3O3. The normalized spacial score (nSPS) is 19.0. The number of ether oxygens (including phenoxy) is 2. The summed E-state index contributed by atoms with van der Waals surface area (Å²) >= 11 is 0. The molecule has 6 heteroatoms. The van der Waals surface area contributed by atoms with E-state index in [0.717, 1.165) is 36.7 Å². The van der Waals surface area contributed by atoms with Crippen LogP contribution in [0.15, 0.2) is 53.1 Å². The van der Waals surface area contributed by atoms with Gasteiger partial charge in [-0.25, -0.2) is 0 Å². The molecule has 1 aliphatic carbocycles. The molecular weight excluding hydrogens is 438 g/mol. The van der Waals surface area contributed by atoms with Crippen LogP contribution in [0.5, 0.6) is 11.5 Å². The van der Waals surface area contributed by atoms with E-state index in [0.29, 0.717) is 29.3 Å². The van der Waals surface area contributed by atoms with Crippen molar-refractivity contribution in [3.63, 3.8) is 0 Å². The third-order valence-electron chi connectivity index (χ3n) is 7.55. The van der Waals surface area contributed by atoms with E-state index in [-0.39, 0.29) is 0 Å². The molecule has 35 heavy (non-hydrogen) atoms. The Labute approximate surface area is 209 Å². The lowest BCUT2D eigenvalue weighted by Crippen LogP contribution is -2.37. The Morgan fingerprint density at radius 1 is 0.943 bits per heavy atom. The van der Waals surface area contributed by atoms with Crippen LogP contribution in [0.25, 0.3) is 11.4 Å². The minimum Gasteiger partial charge on any atom is -0.493 e. The second-order valence-electron chi connectivity index (χ2n) is 9.96. The van der Waals surface area contributed by atoms with Gasteiger partial charge >= 0.3 is 0 Å². The van der Waals surface area contributed by atoms with Crippen LogP contribution in [-0.4, -0.2) is 49.4 Å². The third kappa shape index (κ3) is 6.63. The third-order valence-corrected chi connectivity index (χ3v) is 7.55. The summed E-state index contributed by atoms with van der Waals surface area (Å²) in [6.45, 7) is 0. The molecule has 1 atom stereocenters. The molecule has 0 saturated heterocycles. The molecule has 0 radical (unpaired) electrons. The van der Waals surface area contributed by atoms with Gasteiger partial charge in [0.25, 0.3) is 0 Å². The topological polar surface area (TPSA) is 60.6 Å². The summed E-state index contributed by atoms with van der Waals surface area (Å²) in [4.78, 5) is 7.08. The molecule has 1 aromatic heterocycles. The summed E-state index contributed by atoms with van der Waals surface area (Å²) in [5.41, 5.74) is 2.31. The fraction of sp³-hybridized carbons (Fsp3) is 0.517. The Bertz CT molecular complexity index is 1040. The second kappa shape index (κ2) is 12.2. The van der Waals surface area contributed by atoms with Crippen LogP contribution in [0.2, 0.25) is 0 Å². The summed E-state index contributed by atoms with van der Waals surface area (Å²) in [5, 5.41) is 4.19. The maximum atomic E-state index is 5.57. The summed E-state index contributed by atoms with van der Waals surface area (Å²) in [7, 11) is 7.74. The van der Waals surface area contributed by atoms with E-state index < -0.39 is 0 Å². The van der Waals surface area contributed by atoms with Crippen molar-refractivity contribution < 1.29 is 14.0 Å². The number of aryl methyl sites for hydroxylation is 2. The van der Waals surface area contributed by atoms with Crippen molar-refractivity contribution in [3.8, 4) is 22.9 Å². The largest absolute Gasteiger partial charge is 0.493 e. The molecule has 4 rings (SSSR count). The van der Waals surface area contributed by atoms with Gasteiger partial charge in [0.1, 0.15) is 0 Å². The Balaban J connectivity index is 1.26. The number of nitrogens with zero attached hydrogens (tertiary/aromatic N) is 3. The Hall–Kier alpha value is -2.86. The first kappa shape index (κ1) is 25.2. The molecule has 0 N–H and O–H groups in total. The van der Waals surface area contributed by atoms with Gasteiger partial charge < -0.3 is 18.9 Å². The zero-order chi connectivity index (χ0) is 24.6. The molecule has 0 bridgehead atoms. The standard InChI is InChI=1S/C29H39N3O3/c1-32(2)25(17-12-21-8-6-5-7-9-21)23-14-10-22(11-15-23)13-19-28-30-29(31-35-28)24-16-18-26(33-3)27(20-24)34-4/h5-9,16,18,20,22-23,25H,10-15,17,19H2,1-4H3. The van der Waals surface area contributed by atoms with Gasteiger partial charge in [-0.3, -0.25) is 0 Å². The van der Waals surface area contributed by atoms with Gasteiger partial charge in [0.2, 0.25) is 11.7 Å². The van der Waals surface area contributed by atoms with Gasteiger partial charge in [0, 0.05) is 18.0 Å². The smallest absolute Gasteiger partial charge is 0.226 e. The van der Waals surface area contributed by atoms with Crippen molar-refractivity contribution in [3.05, 3.63) is 60.0 Å². The average molecular weight is 478 g/mol. The molecule has 3 aromatic rings. The predicted octanol–water partition coefficient (Wildman–Crippen LogP) is 6.06. The maximum Gasteiger partial charge on any atom is 0.226 e. The first-order valence-corrected chi connectivity index (χ1v) is 12.8. The zero-order valence-electron chi connectivity index (χ0n) is 21.6. The number of benzene rings is 2. The van der Waals surface area contributed by atoms with Crippen LogP contribution >= 0.6 is 0 Å². The summed E-state index contributed by atoms with van der Waals surface area (Å²) in [6.07, 6.45) is 9.52. The van der Waals surface area contributed by atoms with Gasteiger partial charge in [-0.1, -0.05) is 48.3 Å². The van der Waals surface area contributed by atoms with E-state index >= 15 is 0 Å². The minimum atomic E-state index is 0.594. The van der Waals surface area contributed by atoms with Crippen LogP contribution in [0.4, 0.5) is 0 Å². The monoisotopic (exact) mass is 477 g/mol. The Kier molecular flexibility index (Phi) is 8.80. The van der Waals surface area contributed by atoms with E-state index in [2.05, 4.69) is 59.5 Å². The van der Waals surface area contributed by atoms with Gasteiger partial charge in [-0.05, 0) is 81.8 Å². The predicted molar refractivity (Wildman–Crippen MR) is 139 cm³/mol. The van der Waals surface area contributed by atoms with E-state index in [1.165, 1.54) is 37.7 Å². The Morgan fingerprint density at radius 3 is 2.37 bits per heavy atom. The first-order valence-electron chi connectivity index (χ1n) is 12.8. The minimum absolute atomic E-state index is 0.594. The van der Waals surface area contributed by atoms with Crippen molar-refractivity contribution in [2.24, 2.45) is 11.8 Å². The highest BCUT2D eigenvalue weighted by Crippen LogP contribution is 2.36. The van der Waals surface area contributed by atoms with Gasteiger partial charge in [0.15, 0.2) is 11.5 Å².